The zero-order valence-electron chi connectivity index (χ0n) is 16.5. The molecule has 7 nitrogen and oxygen atoms in total. The first-order chi connectivity index (χ1) is 14.0. The number of benzene rings is 1. The molecule has 1 saturated heterocycles. The van der Waals surface area contributed by atoms with E-state index in [4.69, 9.17) is 4.42 Å². The van der Waals surface area contributed by atoms with Crippen LogP contribution >= 0.6 is 0 Å². The third kappa shape index (κ3) is 3.96. The summed E-state index contributed by atoms with van der Waals surface area (Å²) in [4.78, 5) is 40.8. The molecule has 1 N–H and O–H groups in total. The highest BCUT2D eigenvalue weighted by molar-refractivity contribution is 6.22. The van der Waals surface area contributed by atoms with E-state index in [2.05, 4.69) is 17.1 Å². The van der Waals surface area contributed by atoms with E-state index in [1.165, 1.54) is 0 Å². The number of carbonyl (C=O) groups is 3. The van der Waals surface area contributed by atoms with Gasteiger partial charge in [-0.1, -0.05) is 19.1 Å². The highest BCUT2D eigenvalue weighted by Crippen LogP contribution is 2.27. The molecule has 1 fully saturated rings. The fourth-order valence-electron chi connectivity index (χ4n) is 4.02. The molecule has 0 spiro atoms. The van der Waals surface area contributed by atoms with Gasteiger partial charge >= 0.3 is 0 Å². The van der Waals surface area contributed by atoms with Crippen molar-refractivity contribution in [2.24, 2.45) is 5.92 Å². The Morgan fingerprint density at radius 1 is 1.10 bits per heavy atom. The number of nitrogens with one attached hydrogen (secondary N) is 1. The van der Waals surface area contributed by atoms with Gasteiger partial charge in [0.05, 0.1) is 23.4 Å². The Hall–Kier alpha value is -2.93. The van der Waals surface area contributed by atoms with E-state index in [-0.39, 0.29) is 18.5 Å². The van der Waals surface area contributed by atoms with Crippen LogP contribution in [-0.4, -0.2) is 53.7 Å². The van der Waals surface area contributed by atoms with Gasteiger partial charge in [0.2, 0.25) is 5.91 Å². The monoisotopic (exact) mass is 395 g/mol. The topological polar surface area (TPSA) is 82.9 Å². The normalized spacial score (nSPS) is 18.7. The molecule has 0 saturated carbocycles. The number of rotatable bonds is 6. The molecule has 1 atom stereocenters. The number of hydrogen-bond donors (Lipinski definition) is 1. The SMILES string of the molecule is CC1CCN(C(CNC(=O)CN2C(=O)c3ccccc3C2=O)c2ccco2)CC1. The van der Waals surface area contributed by atoms with Crippen LogP contribution < -0.4 is 5.32 Å². The van der Waals surface area contributed by atoms with Crippen LogP contribution in [0.5, 0.6) is 0 Å². The standard InChI is InChI=1S/C22H25N3O4/c1-15-8-10-24(11-9-15)18(19-7-4-12-29-19)13-23-20(26)14-25-21(27)16-5-2-3-6-17(16)22(25)28/h2-7,12,15,18H,8-11,13-14H2,1H3,(H,23,26). The molecule has 0 aliphatic carbocycles. The Bertz CT molecular complexity index is 866. The highest BCUT2D eigenvalue weighted by Gasteiger charge is 2.36. The predicted octanol–water partition coefficient (Wildman–Crippen LogP) is 2.47. The number of carbonyl (C=O) groups excluding carboxylic acids is 3. The maximum Gasteiger partial charge on any atom is 0.262 e. The zero-order valence-corrected chi connectivity index (χ0v) is 16.5. The maximum atomic E-state index is 12.5. The van der Waals surface area contributed by atoms with E-state index in [1.807, 2.05) is 12.1 Å². The summed E-state index contributed by atoms with van der Waals surface area (Å²) in [6.07, 6.45) is 3.86. The second-order valence-electron chi connectivity index (χ2n) is 7.80. The number of amides is 3. The maximum absolute atomic E-state index is 12.5. The quantitative estimate of drug-likeness (QED) is 0.760. The number of likely N-dealkylation sites (tertiary alicyclic amines) is 1. The molecule has 3 amide bonds. The van der Waals surface area contributed by atoms with Gasteiger partial charge in [-0.2, -0.15) is 0 Å². The van der Waals surface area contributed by atoms with Crippen molar-refractivity contribution in [3.05, 3.63) is 59.5 Å². The van der Waals surface area contributed by atoms with Crippen LogP contribution in [0.4, 0.5) is 0 Å². The summed E-state index contributed by atoms with van der Waals surface area (Å²) in [5, 5.41) is 2.89. The first-order valence-electron chi connectivity index (χ1n) is 10.0. The molecular formula is C22H25N3O4. The van der Waals surface area contributed by atoms with Gasteiger partial charge in [0.15, 0.2) is 0 Å². The Morgan fingerprint density at radius 3 is 2.34 bits per heavy atom. The molecule has 7 heteroatoms. The lowest BCUT2D eigenvalue weighted by Gasteiger charge is -2.35. The molecule has 2 aromatic rings. The fraction of sp³-hybridized carbons (Fsp3) is 0.409. The van der Waals surface area contributed by atoms with E-state index < -0.39 is 11.8 Å². The number of imide groups is 1. The minimum Gasteiger partial charge on any atom is -0.468 e. The van der Waals surface area contributed by atoms with Crippen molar-refractivity contribution in [3.8, 4) is 0 Å². The van der Waals surface area contributed by atoms with Crippen LogP contribution in [0.15, 0.2) is 47.1 Å². The van der Waals surface area contributed by atoms with Crippen LogP contribution in [0.2, 0.25) is 0 Å². The van der Waals surface area contributed by atoms with E-state index in [9.17, 15) is 14.4 Å². The van der Waals surface area contributed by atoms with Crippen LogP contribution in [-0.2, 0) is 4.79 Å². The van der Waals surface area contributed by atoms with Crippen LogP contribution in [0.25, 0.3) is 0 Å². The van der Waals surface area contributed by atoms with Gasteiger partial charge in [-0.05, 0) is 56.1 Å². The van der Waals surface area contributed by atoms with Crippen LogP contribution in [0.1, 0.15) is 52.3 Å². The van der Waals surface area contributed by atoms with Gasteiger partial charge in [0, 0.05) is 6.54 Å². The number of nitrogens with zero attached hydrogens (tertiary/aromatic N) is 2. The molecule has 2 aliphatic heterocycles. The molecule has 1 unspecified atom stereocenters. The van der Waals surface area contributed by atoms with Crippen LogP contribution in [0, 0.1) is 5.92 Å². The van der Waals surface area contributed by atoms with E-state index >= 15 is 0 Å². The smallest absolute Gasteiger partial charge is 0.262 e. The zero-order chi connectivity index (χ0) is 20.4. The number of furan rings is 1. The second-order valence-corrected chi connectivity index (χ2v) is 7.80. The van der Waals surface area contributed by atoms with Crippen molar-refractivity contribution < 1.29 is 18.8 Å². The van der Waals surface area contributed by atoms with Gasteiger partial charge in [-0.3, -0.25) is 24.2 Å². The van der Waals surface area contributed by atoms with Crippen molar-refractivity contribution >= 4 is 17.7 Å². The first kappa shape index (κ1) is 19.4. The van der Waals surface area contributed by atoms with Gasteiger partial charge in [-0.25, -0.2) is 0 Å². The lowest BCUT2D eigenvalue weighted by atomic mass is 9.97. The molecule has 4 rings (SSSR count). The van der Waals surface area contributed by atoms with Crippen molar-refractivity contribution in [1.82, 2.24) is 15.1 Å². The lowest BCUT2D eigenvalue weighted by molar-refractivity contribution is -0.121. The minimum absolute atomic E-state index is 0.0661. The number of fused-ring (bicyclic) bond motifs is 1. The Kier molecular flexibility index (Phi) is 5.49. The highest BCUT2D eigenvalue weighted by atomic mass is 16.3. The molecule has 3 heterocycles. The lowest BCUT2D eigenvalue weighted by Crippen LogP contribution is -2.45. The van der Waals surface area contributed by atoms with Crippen molar-refractivity contribution in [3.63, 3.8) is 0 Å². The molecule has 1 aromatic heterocycles. The van der Waals surface area contributed by atoms with Crippen molar-refractivity contribution in [1.29, 1.82) is 0 Å². The Morgan fingerprint density at radius 2 is 1.76 bits per heavy atom. The van der Waals surface area contributed by atoms with E-state index in [0.717, 1.165) is 36.6 Å². The van der Waals surface area contributed by atoms with Gasteiger partial charge in [-0.15, -0.1) is 0 Å². The third-order valence-electron chi connectivity index (χ3n) is 5.80. The summed E-state index contributed by atoms with van der Waals surface area (Å²) in [6.45, 7) is 4.23. The molecule has 29 heavy (non-hydrogen) atoms. The predicted molar refractivity (Wildman–Crippen MR) is 106 cm³/mol. The number of hydrogen-bond acceptors (Lipinski definition) is 5. The summed E-state index contributed by atoms with van der Waals surface area (Å²) >= 11 is 0. The minimum atomic E-state index is -0.423. The van der Waals surface area contributed by atoms with Gasteiger partial charge in [0.1, 0.15) is 12.3 Å². The second kappa shape index (κ2) is 8.21. The van der Waals surface area contributed by atoms with E-state index in [1.54, 1.807) is 30.5 Å². The van der Waals surface area contributed by atoms with E-state index in [0.29, 0.717) is 23.6 Å². The summed E-state index contributed by atoms with van der Waals surface area (Å²) in [7, 11) is 0. The molecular weight excluding hydrogens is 370 g/mol. The molecule has 0 radical (unpaired) electrons. The van der Waals surface area contributed by atoms with Gasteiger partial charge < -0.3 is 9.73 Å². The first-order valence-corrected chi connectivity index (χ1v) is 10.0. The van der Waals surface area contributed by atoms with Crippen LogP contribution in [0.3, 0.4) is 0 Å². The average molecular weight is 395 g/mol. The summed E-state index contributed by atoms with van der Waals surface area (Å²) in [6, 6.07) is 10.3. The molecule has 2 aliphatic rings. The average Bonchev–Trinajstić information content (AvgIpc) is 3.34. The molecule has 152 valence electrons. The summed E-state index contributed by atoms with van der Waals surface area (Å²) in [5.74, 6) is 0.302. The third-order valence-corrected chi connectivity index (χ3v) is 5.80. The molecule has 1 aromatic carbocycles. The fourth-order valence-corrected chi connectivity index (χ4v) is 4.02. The van der Waals surface area contributed by atoms with Crippen molar-refractivity contribution in [2.75, 3.05) is 26.2 Å². The number of piperidine rings is 1. The van der Waals surface area contributed by atoms with Gasteiger partial charge in [0.25, 0.3) is 11.8 Å². The summed E-state index contributed by atoms with van der Waals surface area (Å²) in [5.41, 5.74) is 0.697. The summed E-state index contributed by atoms with van der Waals surface area (Å²) < 4.78 is 5.61. The van der Waals surface area contributed by atoms with Crippen molar-refractivity contribution in [2.45, 2.75) is 25.8 Å². The Labute approximate surface area is 169 Å². The largest absolute Gasteiger partial charge is 0.468 e. The Balaban J connectivity index is 1.39. The molecule has 0 bridgehead atoms.